The van der Waals surface area contributed by atoms with E-state index in [1.165, 1.54) is 6.42 Å². The number of aryl methyl sites for hydroxylation is 1. The lowest BCUT2D eigenvalue weighted by atomic mass is 9.95. The molecule has 0 aliphatic heterocycles. The van der Waals surface area contributed by atoms with Crippen LogP contribution in [0.25, 0.3) is 0 Å². The molecule has 0 bridgehead atoms. The average molecular weight is 209 g/mol. The topological polar surface area (TPSA) is 67.8 Å². The Kier molecular flexibility index (Phi) is 2.70. The third kappa shape index (κ3) is 2.00. The molecule has 5 heteroatoms. The summed E-state index contributed by atoms with van der Waals surface area (Å²) >= 11 is 0. The highest BCUT2D eigenvalue weighted by Crippen LogP contribution is 2.26. The second-order valence-corrected chi connectivity index (χ2v) is 4.06. The van der Waals surface area contributed by atoms with Crippen LogP contribution in [0.1, 0.15) is 44.0 Å². The first-order chi connectivity index (χ1) is 7.18. The van der Waals surface area contributed by atoms with Gasteiger partial charge in [-0.2, -0.15) is 4.98 Å². The Morgan fingerprint density at radius 3 is 2.53 bits per heavy atom. The van der Waals surface area contributed by atoms with E-state index < -0.39 is 5.69 Å². The number of hydrogen-bond acceptors (Lipinski definition) is 3. The van der Waals surface area contributed by atoms with Gasteiger partial charge in [-0.05, 0) is 19.8 Å². The standard InChI is InChI=1S/C10H15N3O2/c1-7-11-9(14)12-10(15)13(7)8-5-3-2-4-6-8/h8H,2-6H2,1H3,(H,12,14,15). The zero-order chi connectivity index (χ0) is 10.8. The summed E-state index contributed by atoms with van der Waals surface area (Å²) < 4.78 is 1.63. The summed E-state index contributed by atoms with van der Waals surface area (Å²) in [5.74, 6) is 0.524. The quantitative estimate of drug-likeness (QED) is 0.742. The van der Waals surface area contributed by atoms with Crippen molar-refractivity contribution in [1.29, 1.82) is 0 Å². The number of nitrogens with zero attached hydrogens (tertiary/aromatic N) is 2. The number of nitrogens with one attached hydrogen (secondary N) is 1. The maximum absolute atomic E-state index is 11.6. The Morgan fingerprint density at radius 1 is 1.27 bits per heavy atom. The SMILES string of the molecule is Cc1nc(=O)[nH]c(=O)n1C1CCCCC1. The first kappa shape index (κ1) is 10.1. The van der Waals surface area contributed by atoms with Crippen LogP contribution in [0.5, 0.6) is 0 Å². The molecule has 1 saturated carbocycles. The van der Waals surface area contributed by atoms with Crippen molar-refractivity contribution in [3.05, 3.63) is 26.8 Å². The molecule has 1 N–H and O–H groups in total. The van der Waals surface area contributed by atoms with Gasteiger partial charge >= 0.3 is 11.4 Å². The molecular weight excluding hydrogens is 194 g/mol. The number of H-pyrrole nitrogens is 1. The van der Waals surface area contributed by atoms with Gasteiger partial charge in [-0.1, -0.05) is 19.3 Å². The summed E-state index contributed by atoms with van der Waals surface area (Å²) in [6, 6.07) is 0.218. The Hall–Kier alpha value is -1.39. The molecule has 1 aliphatic rings. The highest BCUT2D eigenvalue weighted by atomic mass is 16.2. The second-order valence-electron chi connectivity index (χ2n) is 4.06. The van der Waals surface area contributed by atoms with E-state index in [0.29, 0.717) is 5.82 Å². The predicted octanol–water partition coefficient (Wildman–Crippen LogP) is 0.745. The molecule has 0 amide bonds. The Balaban J connectivity index is 2.42. The molecule has 0 spiro atoms. The van der Waals surface area contributed by atoms with Crippen LogP contribution in [0.4, 0.5) is 0 Å². The molecular formula is C10H15N3O2. The summed E-state index contributed by atoms with van der Waals surface area (Å²) in [6.45, 7) is 1.71. The van der Waals surface area contributed by atoms with E-state index >= 15 is 0 Å². The molecule has 1 aromatic rings. The summed E-state index contributed by atoms with van der Waals surface area (Å²) in [7, 11) is 0. The molecule has 5 nitrogen and oxygen atoms in total. The van der Waals surface area contributed by atoms with Crippen molar-refractivity contribution in [1.82, 2.24) is 14.5 Å². The van der Waals surface area contributed by atoms with Crippen LogP contribution in [0, 0.1) is 6.92 Å². The number of aromatic nitrogens is 3. The highest BCUT2D eigenvalue weighted by molar-refractivity contribution is 4.88. The van der Waals surface area contributed by atoms with E-state index in [1.54, 1.807) is 11.5 Å². The zero-order valence-corrected chi connectivity index (χ0v) is 8.82. The lowest BCUT2D eigenvalue weighted by Crippen LogP contribution is -2.36. The molecule has 0 aromatic carbocycles. The molecule has 82 valence electrons. The molecule has 1 aromatic heterocycles. The van der Waals surface area contributed by atoms with Gasteiger partial charge in [0.1, 0.15) is 5.82 Å². The molecule has 0 radical (unpaired) electrons. The molecule has 2 rings (SSSR count). The highest BCUT2D eigenvalue weighted by Gasteiger charge is 2.18. The number of rotatable bonds is 1. The van der Waals surface area contributed by atoms with Gasteiger partial charge in [0.2, 0.25) is 0 Å². The van der Waals surface area contributed by atoms with Crippen LogP contribution in [-0.4, -0.2) is 14.5 Å². The number of aromatic amines is 1. The fourth-order valence-electron chi connectivity index (χ4n) is 2.30. The van der Waals surface area contributed by atoms with Crippen molar-refractivity contribution in [3.63, 3.8) is 0 Å². The lowest BCUT2D eigenvalue weighted by molar-refractivity contribution is 0.332. The van der Waals surface area contributed by atoms with E-state index in [4.69, 9.17) is 0 Å². The third-order valence-electron chi connectivity index (χ3n) is 2.98. The van der Waals surface area contributed by atoms with Crippen molar-refractivity contribution in [2.24, 2.45) is 0 Å². The van der Waals surface area contributed by atoms with Crippen LogP contribution in [0.3, 0.4) is 0 Å². The van der Waals surface area contributed by atoms with Gasteiger partial charge in [0.15, 0.2) is 0 Å². The van der Waals surface area contributed by atoms with Gasteiger partial charge in [-0.25, -0.2) is 9.59 Å². The third-order valence-corrected chi connectivity index (χ3v) is 2.98. The van der Waals surface area contributed by atoms with Gasteiger partial charge < -0.3 is 0 Å². The fourth-order valence-corrected chi connectivity index (χ4v) is 2.30. The minimum atomic E-state index is -0.551. The molecule has 1 fully saturated rings. The van der Waals surface area contributed by atoms with Gasteiger partial charge in [0.25, 0.3) is 0 Å². The molecule has 0 unspecified atom stereocenters. The largest absolute Gasteiger partial charge is 0.350 e. The Morgan fingerprint density at radius 2 is 1.93 bits per heavy atom. The molecule has 1 aliphatic carbocycles. The predicted molar refractivity (Wildman–Crippen MR) is 56.0 cm³/mol. The molecule has 15 heavy (non-hydrogen) atoms. The van der Waals surface area contributed by atoms with Crippen molar-refractivity contribution < 1.29 is 0 Å². The van der Waals surface area contributed by atoms with Crippen LogP contribution >= 0.6 is 0 Å². The minimum Gasteiger partial charge on any atom is -0.279 e. The lowest BCUT2D eigenvalue weighted by Gasteiger charge is -2.24. The van der Waals surface area contributed by atoms with E-state index in [-0.39, 0.29) is 11.7 Å². The van der Waals surface area contributed by atoms with Crippen LogP contribution in [0.15, 0.2) is 9.59 Å². The normalized spacial score (nSPS) is 17.9. The minimum absolute atomic E-state index is 0.218. The van der Waals surface area contributed by atoms with Gasteiger partial charge in [-0.3, -0.25) is 9.55 Å². The van der Waals surface area contributed by atoms with E-state index in [1.807, 2.05) is 0 Å². The Bertz CT molecular complexity index is 454. The zero-order valence-electron chi connectivity index (χ0n) is 8.82. The van der Waals surface area contributed by atoms with Crippen molar-refractivity contribution >= 4 is 0 Å². The van der Waals surface area contributed by atoms with Crippen molar-refractivity contribution in [3.8, 4) is 0 Å². The second kappa shape index (κ2) is 4.00. The summed E-state index contributed by atoms with van der Waals surface area (Å²) in [5, 5.41) is 0. The van der Waals surface area contributed by atoms with Crippen LogP contribution in [-0.2, 0) is 0 Å². The van der Waals surface area contributed by atoms with Crippen LogP contribution in [0.2, 0.25) is 0 Å². The summed E-state index contributed by atoms with van der Waals surface area (Å²) in [4.78, 5) is 28.6. The first-order valence-corrected chi connectivity index (χ1v) is 5.38. The fraction of sp³-hybridized carbons (Fsp3) is 0.700. The molecule has 0 saturated heterocycles. The molecule has 1 heterocycles. The number of hydrogen-bond donors (Lipinski definition) is 1. The van der Waals surface area contributed by atoms with Gasteiger partial charge in [0, 0.05) is 6.04 Å². The smallest absolute Gasteiger partial charge is 0.279 e. The van der Waals surface area contributed by atoms with E-state index in [0.717, 1.165) is 25.7 Å². The van der Waals surface area contributed by atoms with Gasteiger partial charge in [0.05, 0.1) is 0 Å². The monoisotopic (exact) mass is 209 g/mol. The summed E-state index contributed by atoms with van der Waals surface area (Å²) in [5.41, 5.74) is -0.871. The first-order valence-electron chi connectivity index (χ1n) is 5.38. The average Bonchev–Trinajstić information content (AvgIpc) is 2.17. The van der Waals surface area contributed by atoms with E-state index in [2.05, 4.69) is 9.97 Å². The van der Waals surface area contributed by atoms with Crippen LogP contribution < -0.4 is 11.4 Å². The molecule has 0 atom stereocenters. The maximum Gasteiger partial charge on any atom is 0.350 e. The van der Waals surface area contributed by atoms with Gasteiger partial charge in [-0.15, -0.1) is 0 Å². The van der Waals surface area contributed by atoms with Crippen molar-refractivity contribution in [2.75, 3.05) is 0 Å². The maximum atomic E-state index is 11.6. The van der Waals surface area contributed by atoms with E-state index in [9.17, 15) is 9.59 Å². The Labute approximate surface area is 87.2 Å². The summed E-state index contributed by atoms with van der Waals surface area (Å²) in [6.07, 6.45) is 5.55. The van der Waals surface area contributed by atoms with Crippen molar-refractivity contribution in [2.45, 2.75) is 45.1 Å².